The highest BCUT2D eigenvalue weighted by Gasteiger charge is 2.27. The number of likely N-dealkylation sites (N-methyl/N-ethyl adjacent to an activating group) is 1. The molecule has 3 heterocycles. The lowest BCUT2D eigenvalue weighted by Crippen LogP contribution is -2.31. The van der Waals surface area contributed by atoms with Gasteiger partial charge in [-0.3, -0.25) is 9.69 Å². The molecular formula is C16H20N4O5. The predicted molar refractivity (Wildman–Crippen MR) is 89.6 cm³/mol. The zero-order valence-corrected chi connectivity index (χ0v) is 13.9. The molecule has 0 spiro atoms. The summed E-state index contributed by atoms with van der Waals surface area (Å²) in [4.78, 5) is 43.4. The maximum atomic E-state index is 11.6. The van der Waals surface area contributed by atoms with Gasteiger partial charge in [-0.25, -0.2) is 14.6 Å². The van der Waals surface area contributed by atoms with Gasteiger partial charge in [0.05, 0.1) is 6.42 Å². The fourth-order valence-electron chi connectivity index (χ4n) is 2.59. The first-order valence-electron chi connectivity index (χ1n) is 7.90. The molecule has 0 aromatic carbocycles. The Bertz CT molecular complexity index is 682. The van der Waals surface area contributed by atoms with Crippen LogP contribution in [0.3, 0.4) is 0 Å². The van der Waals surface area contributed by atoms with Crippen LogP contribution in [0.15, 0.2) is 18.3 Å². The fourth-order valence-corrected chi connectivity index (χ4v) is 2.59. The van der Waals surface area contributed by atoms with E-state index in [9.17, 15) is 14.4 Å². The number of hydrogen-bond donors (Lipinski definition) is 2. The molecular weight excluding hydrogens is 328 g/mol. The smallest absolute Gasteiger partial charge is 0.328 e. The Morgan fingerprint density at radius 2 is 1.72 bits per heavy atom. The van der Waals surface area contributed by atoms with Crippen molar-refractivity contribution in [2.75, 3.05) is 29.9 Å². The molecule has 134 valence electrons. The van der Waals surface area contributed by atoms with Gasteiger partial charge in [0, 0.05) is 44.0 Å². The van der Waals surface area contributed by atoms with Gasteiger partial charge < -0.3 is 15.1 Å². The predicted octanol–water partition coefficient (Wildman–Crippen LogP) is 0.698. The molecule has 1 saturated heterocycles. The summed E-state index contributed by atoms with van der Waals surface area (Å²) in [6.45, 7) is 2.05. The van der Waals surface area contributed by atoms with Crippen LogP contribution in [0.1, 0.15) is 24.8 Å². The van der Waals surface area contributed by atoms with Crippen LogP contribution >= 0.6 is 0 Å². The minimum atomic E-state index is -1.26. The summed E-state index contributed by atoms with van der Waals surface area (Å²) in [5, 5.41) is 15.6. The van der Waals surface area contributed by atoms with Crippen molar-refractivity contribution in [3.8, 4) is 0 Å². The number of carboxylic acids is 2. The number of aromatic nitrogens is 2. The molecule has 0 atom stereocenters. The number of hydrogen-bond acceptors (Lipinski definition) is 6. The minimum absolute atomic E-state index is 0.102. The van der Waals surface area contributed by atoms with E-state index < -0.39 is 11.9 Å². The second kappa shape index (κ2) is 8.22. The SMILES string of the molecule is CN1C(=O)Cc2cnc(N3CCCCC3)nc21.O=C(O)/C=C/C(=O)O. The van der Waals surface area contributed by atoms with Gasteiger partial charge in [0.15, 0.2) is 0 Å². The summed E-state index contributed by atoms with van der Waals surface area (Å²) in [5.41, 5.74) is 0.943. The third kappa shape index (κ3) is 5.00. The lowest BCUT2D eigenvalue weighted by molar-refractivity contribution is -0.134. The van der Waals surface area contributed by atoms with Crippen LogP contribution in [-0.2, 0) is 20.8 Å². The molecule has 25 heavy (non-hydrogen) atoms. The molecule has 2 N–H and O–H groups in total. The molecule has 3 rings (SSSR count). The van der Waals surface area contributed by atoms with Crippen molar-refractivity contribution in [3.63, 3.8) is 0 Å². The van der Waals surface area contributed by atoms with Gasteiger partial charge in [0.1, 0.15) is 5.82 Å². The van der Waals surface area contributed by atoms with Gasteiger partial charge in [-0.1, -0.05) is 0 Å². The van der Waals surface area contributed by atoms with Crippen molar-refractivity contribution < 1.29 is 24.6 Å². The van der Waals surface area contributed by atoms with E-state index in [-0.39, 0.29) is 5.91 Å². The molecule has 1 amide bonds. The van der Waals surface area contributed by atoms with E-state index in [1.807, 2.05) is 0 Å². The molecule has 2 aliphatic rings. The zero-order valence-electron chi connectivity index (χ0n) is 13.9. The van der Waals surface area contributed by atoms with Crippen LogP contribution in [0.25, 0.3) is 0 Å². The van der Waals surface area contributed by atoms with Gasteiger partial charge in [-0.05, 0) is 19.3 Å². The number of nitrogens with zero attached hydrogens (tertiary/aromatic N) is 4. The standard InChI is InChI=1S/C12H16N4O.C4H4O4/c1-15-10(17)7-9-8-13-12(14-11(9)15)16-5-3-2-4-6-16;5-3(6)1-2-4(7)8/h8H,2-7H2,1H3;1-2H,(H,5,6)(H,7,8)/b;2-1+. The van der Waals surface area contributed by atoms with Crippen LogP contribution in [0.4, 0.5) is 11.8 Å². The quantitative estimate of drug-likeness (QED) is 0.765. The maximum Gasteiger partial charge on any atom is 0.328 e. The summed E-state index contributed by atoms with van der Waals surface area (Å²) >= 11 is 0. The Morgan fingerprint density at radius 1 is 1.12 bits per heavy atom. The second-order valence-electron chi connectivity index (χ2n) is 5.71. The average molecular weight is 348 g/mol. The van der Waals surface area contributed by atoms with Crippen molar-refractivity contribution in [1.82, 2.24) is 9.97 Å². The van der Waals surface area contributed by atoms with E-state index >= 15 is 0 Å². The van der Waals surface area contributed by atoms with Gasteiger partial charge in [0.2, 0.25) is 11.9 Å². The third-order valence-electron chi connectivity index (χ3n) is 3.87. The molecule has 0 aliphatic carbocycles. The summed E-state index contributed by atoms with van der Waals surface area (Å²) in [5.74, 6) is -0.861. The molecule has 0 unspecified atom stereocenters. The molecule has 0 bridgehead atoms. The van der Waals surface area contributed by atoms with Crippen molar-refractivity contribution >= 4 is 29.6 Å². The molecule has 1 fully saturated rings. The lowest BCUT2D eigenvalue weighted by atomic mass is 10.1. The first-order chi connectivity index (χ1) is 11.9. The third-order valence-corrected chi connectivity index (χ3v) is 3.87. The largest absolute Gasteiger partial charge is 0.478 e. The van der Waals surface area contributed by atoms with Crippen LogP contribution in [-0.4, -0.2) is 58.2 Å². The van der Waals surface area contributed by atoms with Gasteiger partial charge in [-0.2, -0.15) is 4.98 Å². The number of rotatable bonds is 3. The number of carbonyl (C=O) groups excluding carboxylic acids is 1. The summed E-state index contributed by atoms with van der Waals surface area (Å²) in [6, 6.07) is 0. The average Bonchev–Trinajstić information content (AvgIpc) is 2.88. The minimum Gasteiger partial charge on any atom is -0.478 e. The number of aliphatic carboxylic acids is 2. The molecule has 9 nitrogen and oxygen atoms in total. The van der Waals surface area contributed by atoms with Crippen LogP contribution < -0.4 is 9.80 Å². The molecule has 0 radical (unpaired) electrons. The van der Waals surface area contributed by atoms with Gasteiger partial charge in [0.25, 0.3) is 0 Å². The second-order valence-corrected chi connectivity index (χ2v) is 5.71. The van der Waals surface area contributed by atoms with Crippen molar-refractivity contribution in [2.45, 2.75) is 25.7 Å². The Labute approximate surface area is 144 Å². The summed E-state index contributed by atoms with van der Waals surface area (Å²) < 4.78 is 0. The van der Waals surface area contributed by atoms with E-state index in [0.29, 0.717) is 18.6 Å². The molecule has 0 saturated carbocycles. The van der Waals surface area contributed by atoms with Crippen LogP contribution in [0, 0.1) is 0 Å². The first-order valence-corrected chi connectivity index (χ1v) is 7.90. The summed E-state index contributed by atoms with van der Waals surface area (Å²) in [7, 11) is 1.78. The van der Waals surface area contributed by atoms with Gasteiger partial charge >= 0.3 is 11.9 Å². The Hall–Kier alpha value is -2.97. The maximum absolute atomic E-state index is 11.6. The molecule has 9 heteroatoms. The Kier molecular flexibility index (Phi) is 6.04. The van der Waals surface area contributed by atoms with E-state index in [0.717, 1.165) is 30.4 Å². The Balaban J connectivity index is 0.000000242. The highest BCUT2D eigenvalue weighted by atomic mass is 16.4. The highest BCUT2D eigenvalue weighted by Crippen LogP contribution is 2.27. The normalized spacial score (nSPS) is 16.4. The van der Waals surface area contributed by atoms with E-state index in [4.69, 9.17) is 10.2 Å². The van der Waals surface area contributed by atoms with Gasteiger partial charge in [-0.15, -0.1) is 0 Å². The highest BCUT2D eigenvalue weighted by molar-refractivity contribution is 5.99. The van der Waals surface area contributed by atoms with Crippen LogP contribution in [0.5, 0.6) is 0 Å². The number of amides is 1. The number of carbonyl (C=O) groups is 3. The van der Waals surface area contributed by atoms with Crippen molar-refractivity contribution in [1.29, 1.82) is 0 Å². The monoisotopic (exact) mass is 348 g/mol. The molecule has 1 aromatic heterocycles. The topological polar surface area (TPSA) is 124 Å². The zero-order chi connectivity index (χ0) is 18.4. The number of carboxylic acid groups (broad SMARTS) is 2. The number of fused-ring (bicyclic) bond motifs is 1. The van der Waals surface area contributed by atoms with E-state index in [1.165, 1.54) is 19.3 Å². The number of piperidine rings is 1. The number of anilines is 2. The molecule has 2 aliphatic heterocycles. The van der Waals surface area contributed by atoms with E-state index in [1.54, 1.807) is 18.1 Å². The van der Waals surface area contributed by atoms with Crippen molar-refractivity contribution in [3.05, 3.63) is 23.9 Å². The van der Waals surface area contributed by atoms with Crippen LogP contribution in [0.2, 0.25) is 0 Å². The lowest BCUT2D eigenvalue weighted by Gasteiger charge is -2.27. The Morgan fingerprint density at radius 3 is 2.28 bits per heavy atom. The summed E-state index contributed by atoms with van der Waals surface area (Å²) in [6.07, 6.45) is 7.05. The van der Waals surface area contributed by atoms with E-state index in [2.05, 4.69) is 14.9 Å². The molecule has 1 aromatic rings. The van der Waals surface area contributed by atoms with Crippen molar-refractivity contribution in [2.24, 2.45) is 0 Å². The first kappa shape index (κ1) is 18.4. The fraction of sp³-hybridized carbons (Fsp3) is 0.438.